The number of carbonyl (C=O) groups is 2. The topological polar surface area (TPSA) is 74.0 Å². The zero-order chi connectivity index (χ0) is 16.7. The number of nitrogens with zero attached hydrogens (tertiary/aromatic N) is 2. The molecule has 0 aromatic carbocycles. The van der Waals surface area contributed by atoms with Crippen LogP contribution in [0.3, 0.4) is 0 Å². The van der Waals surface area contributed by atoms with Crippen molar-refractivity contribution in [2.75, 3.05) is 26.2 Å². The highest BCUT2D eigenvalue weighted by atomic mass is 16.3. The van der Waals surface area contributed by atoms with Gasteiger partial charge in [0.15, 0.2) is 5.76 Å². The van der Waals surface area contributed by atoms with Crippen LogP contribution in [0, 0.1) is 11.3 Å². The van der Waals surface area contributed by atoms with Crippen LogP contribution in [-0.4, -0.2) is 59.0 Å². The molecule has 1 atom stereocenters. The third kappa shape index (κ3) is 2.73. The van der Waals surface area contributed by atoms with Gasteiger partial charge in [0.05, 0.1) is 12.4 Å². The van der Waals surface area contributed by atoms with E-state index in [0.29, 0.717) is 25.1 Å². The van der Waals surface area contributed by atoms with E-state index >= 15 is 0 Å². The third-order valence-electron chi connectivity index (χ3n) is 5.89. The van der Waals surface area contributed by atoms with Gasteiger partial charge in [-0.1, -0.05) is 0 Å². The maximum absolute atomic E-state index is 12.5. The molecule has 1 aliphatic carbocycles. The zero-order valence-electron chi connectivity index (χ0n) is 13.8. The van der Waals surface area contributed by atoms with Gasteiger partial charge in [-0.2, -0.15) is 0 Å². The lowest BCUT2D eigenvalue weighted by Crippen LogP contribution is -2.49. The second-order valence-electron chi connectivity index (χ2n) is 7.64. The predicted molar refractivity (Wildman–Crippen MR) is 86.2 cm³/mol. The third-order valence-corrected chi connectivity index (χ3v) is 5.89. The maximum Gasteiger partial charge on any atom is 0.289 e. The molecule has 24 heavy (non-hydrogen) atoms. The Balaban J connectivity index is 1.40. The zero-order valence-corrected chi connectivity index (χ0v) is 13.8. The summed E-state index contributed by atoms with van der Waals surface area (Å²) in [5.41, 5.74) is 0.0263. The van der Waals surface area contributed by atoms with Crippen LogP contribution in [0.4, 0.5) is 0 Å². The molecule has 1 saturated carbocycles. The van der Waals surface area contributed by atoms with Gasteiger partial charge in [0, 0.05) is 37.5 Å². The van der Waals surface area contributed by atoms with Crippen molar-refractivity contribution in [2.24, 2.45) is 11.3 Å². The Morgan fingerprint density at radius 2 is 1.96 bits per heavy atom. The smallest absolute Gasteiger partial charge is 0.289 e. The average Bonchev–Trinajstić information content (AvgIpc) is 3.21. The molecule has 4 rings (SSSR count). The van der Waals surface area contributed by atoms with Gasteiger partial charge in [-0.3, -0.25) is 9.59 Å². The molecular formula is C18H24N2O4. The summed E-state index contributed by atoms with van der Waals surface area (Å²) in [5, 5.41) is 9.41. The molecule has 3 aliphatic rings. The molecule has 0 bridgehead atoms. The molecule has 3 heterocycles. The summed E-state index contributed by atoms with van der Waals surface area (Å²) in [6.45, 7) is 2.96. The van der Waals surface area contributed by atoms with Crippen molar-refractivity contribution >= 4 is 11.8 Å². The van der Waals surface area contributed by atoms with Crippen molar-refractivity contribution in [1.82, 2.24) is 9.80 Å². The summed E-state index contributed by atoms with van der Waals surface area (Å²) < 4.78 is 5.24. The van der Waals surface area contributed by atoms with E-state index in [-0.39, 0.29) is 29.3 Å². The van der Waals surface area contributed by atoms with Crippen LogP contribution in [0.15, 0.2) is 22.8 Å². The molecule has 6 heteroatoms. The molecule has 6 nitrogen and oxygen atoms in total. The van der Waals surface area contributed by atoms with Gasteiger partial charge in [0.25, 0.3) is 5.91 Å². The van der Waals surface area contributed by atoms with E-state index < -0.39 is 0 Å². The lowest BCUT2D eigenvalue weighted by atomic mass is 9.78. The fourth-order valence-electron chi connectivity index (χ4n) is 4.44. The summed E-state index contributed by atoms with van der Waals surface area (Å²) in [6.07, 6.45) is 5.41. The van der Waals surface area contributed by atoms with Crippen LogP contribution in [0.2, 0.25) is 0 Å². The lowest BCUT2D eigenvalue weighted by Gasteiger charge is -2.40. The fraction of sp³-hybridized carbons (Fsp3) is 0.667. The Kier molecular flexibility index (Phi) is 3.87. The van der Waals surface area contributed by atoms with E-state index in [1.165, 1.54) is 6.26 Å². The van der Waals surface area contributed by atoms with Crippen molar-refractivity contribution in [3.8, 4) is 0 Å². The number of hydrogen-bond donors (Lipinski definition) is 1. The van der Waals surface area contributed by atoms with Crippen molar-refractivity contribution in [2.45, 2.75) is 38.2 Å². The molecule has 1 aromatic rings. The van der Waals surface area contributed by atoms with E-state index in [1.54, 1.807) is 12.1 Å². The lowest BCUT2D eigenvalue weighted by molar-refractivity contribution is -0.141. The summed E-state index contributed by atoms with van der Waals surface area (Å²) in [4.78, 5) is 28.9. The molecule has 2 aliphatic heterocycles. The van der Waals surface area contributed by atoms with Crippen LogP contribution in [-0.2, 0) is 4.79 Å². The van der Waals surface area contributed by atoms with Gasteiger partial charge >= 0.3 is 0 Å². The van der Waals surface area contributed by atoms with Crippen LogP contribution in [0.5, 0.6) is 0 Å². The van der Waals surface area contributed by atoms with E-state index in [4.69, 9.17) is 4.42 Å². The molecule has 1 aromatic heterocycles. The van der Waals surface area contributed by atoms with E-state index in [2.05, 4.69) is 0 Å². The second kappa shape index (κ2) is 5.92. The van der Waals surface area contributed by atoms with Crippen molar-refractivity contribution in [3.05, 3.63) is 24.2 Å². The highest BCUT2D eigenvalue weighted by molar-refractivity contribution is 5.91. The van der Waals surface area contributed by atoms with E-state index in [0.717, 1.165) is 38.9 Å². The van der Waals surface area contributed by atoms with Crippen LogP contribution in [0.1, 0.15) is 42.7 Å². The molecule has 1 N–H and O–H groups in total. The first-order valence-corrected chi connectivity index (χ1v) is 8.86. The van der Waals surface area contributed by atoms with Crippen LogP contribution in [0.25, 0.3) is 0 Å². The Hall–Kier alpha value is -1.82. The summed E-state index contributed by atoms with van der Waals surface area (Å²) in [6, 6.07) is 3.44. The van der Waals surface area contributed by atoms with Crippen LogP contribution < -0.4 is 0 Å². The summed E-state index contributed by atoms with van der Waals surface area (Å²) in [5.74, 6) is 0.527. The second-order valence-corrected chi connectivity index (χ2v) is 7.64. The predicted octanol–water partition coefficient (Wildman–Crippen LogP) is 1.51. The van der Waals surface area contributed by atoms with Crippen molar-refractivity contribution in [1.29, 1.82) is 0 Å². The van der Waals surface area contributed by atoms with E-state index in [9.17, 15) is 14.7 Å². The number of furan rings is 1. The van der Waals surface area contributed by atoms with Crippen molar-refractivity contribution in [3.63, 3.8) is 0 Å². The number of aliphatic hydroxyl groups is 1. The highest BCUT2D eigenvalue weighted by Gasteiger charge is 2.46. The first-order chi connectivity index (χ1) is 11.6. The number of aliphatic hydroxyl groups excluding tert-OH is 1. The SMILES string of the molecule is O=C(c1ccco1)N1CCCC2(CCN(C(=O)C3CC(O)C3)C2)C1. The quantitative estimate of drug-likeness (QED) is 0.891. The molecule has 2 saturated heterocycles. The van der Waals surface area contributed by atoms with Gasteiger partial charge in [-0.05, 0) is 44.2 Å². The Morgan fingerprint density at radius 3 is 2.67 bits per heavy atom. The van der Waals surface area contributed by atoms with Crippen LogP contribution >= 0.6 is 0 Å². The summed E-state index contributed by atoms with van der Waals surface area (Å²) in [7, 11) is 0. The molecule has 130 valence electrons. The van der Waals surface area contributed by atoms with Gasteiger partial charge in [0.1, 0.15) is 0 Å². The Morgan fingerprint density at radius 1 is 1.17 bits per heavy atom. The number of likely N-dealkylation sites (tertiary alicyclic amines) is 2. The molecule has 1 unspecified atom stereocenters. The molecule has 1 spiro atoms. The van der Waals surface area contributed by atoms with Crippen molar-refractivity contribution < 1.29 is 19.1 Å². The number of amides is 2. The minimum atomic E-state index is -0.299. The maximum atomic E-state index is 12.5. The fourth-order valence-corrected chi connectivity index (χ4v) is 4.44. The number of hydrogen-bond acceptors (Lipinski definition) is 4. The highest BCUT2D eigenvalue weighted by Crippen LogP contribution is 2.41. The molecule has 3 fully saturated rings. The summed E-state index contributed by atoms with van der Waals surface area (Å²) >= 11 is 0. The first kappa shape index (κ1) is 15.7. The minimum absolute atomic E-state index is 0.000376. The number of piperidine rings is 1. The van der Waals surface area contributed by atoms with Gasteiger partial charge in [0.2, 0.25) is 5.91 Å². The Labute approximate surface area is 141 Å². The molecule has 2 amide bonds. The number of carbonyl (C=O) groups excluding carboxylic acids is 2. The minimum Gasteiger partial charge on any atom is -0.459 e. The van der Waals surface area contributed by atoms with Gasteiger partial charge in [-0.15, -0.1) is 0 Å². The number of rotatable bonds is 2. The first-order valence-electron chi connectivity index (χ1n) is 8.86. The largest absolute Gasteiger partial charge is 0.459 e. The molecule has 0 radical (unpaired) electrons. The normalized spacial score (nSPS) is 32.9. The molecular weight excluding hydrogens is 308 g/mol. The average molecular weight is 332 g/mol. The Bertz CT molecular complexity index is 623. The van der Waals surface area contributed by atoms with Gasteiger partial charge < -0.3 is 19.3 Å². The van der Waals surface area contributed by atoms with E-state index in [1.807, 2.05) is 9.80 Å². The monoisotopic (exact) mass is 332 g/mol. The standard InChI is InChI=1S/C18H24N2O4/c21-14-9-13(10-14)16(22)20-7-5-18(12-20)4-2-6-19(11-18)17(23)15-3-1-8-24-15/h1,3,8,13-14,21H,2,4-7,9-12H2. The van der Waals surface area contributed by atoms with Gasteiger partial charge in [-0.25, -0.2) is 0 Å².